The van der Waals surface area contributed by atoms with Crippen LogP contribution in [0.3, 0.4) is 0 Å². The molecule has 3 rings (SSSR count). The van der Waals surface area contributed by atoms with E-state index >= 15 is 4.39 Å². The number of halogens is 1. The molecule has 1 saturated heterocycles. The van der Waals surface area contributed by atoms with Crippen LogP contribution in [0.1, 0.15) is 59.9 Å². The average Bonchev–Trinajstić information content (AvgIpc) is 2.81. The first kappa shape index (κ1) is 23.0. The maximum absolute atomic E-state index is 15.4. The van der Waals surface area contributed by atoms with Gasteiger partial charge < -0.3 is 14.2 Å². The van der Waals surface area contributed by atoms with Crippen molar-refractivity contribution in [3.05, 3.63) is 23.5 Å². The lowest BCUT2D eigenvalue weighted by molar-refractivity contribution is -0.126. The van der Waals surface area contributed by atoms with E-state index in [1.807, 2.05) is 0 Å². The van der Waals surface area contributed by atoms with Crippen LogP contribution in [-0.4, -0.2) is 42.5 Å². The molecule has 1 aromatic carbocycles. The van der Waals surface area contributed by atoms with Crippen molar-refractivity contribution >= 4 is 29.5 Å². The number of fused-ring (bicyclic) bond motifs is 2. The van der Waals surface area contributed by atoms with Gasteiger partial charge in [-0.25, -0.2) is 18.9 Å². The predicted molar refractivity (Wildman–Crippen MR) is 112 cm³/mol. The summed E-state index contributed by atoms with van der Waals surface area (Å²) < 4.78 is 31.3. The van der Waals surface area contributed by atoms with Gasteiger partial charge in [0.05, 0.1) is 11.1 Å². The molecule has 0 aromatic heterocycles. The number of anilines is 2. The summed E-state index contributed by atoms with van der Waals surface area (Å²) in [4.78, 5) is 39.4. The molecule has 0 unspecified atom stereocenters. The fourth-order valence-corrected chi connectivity index (χ4v) is 3.84. The molecule has 1 aromatic rings. The summed E-state index contributed by atoms with van der Waals surface area (Å²) in [5.74, 6) is -1.24. The van der Waals surface area contributed by atoms with Crippen LogP contribution in [0, 0.1) is 5.82 Å². The minimum absolute atomic E-state index is 0.0622. The highest BCUT2D eigenvalue weighted by atomic mass is 19.1. The summed E-state index contributed by atoms with van der Waals surface area (Å²) in [5, 5.41) is 2.47. The van der Waals surface area contributed by atoms with E-state index in [4.69, 9.17) is 14.2 Å². The van der Waals surface area contributed by atoms with Gasteiger partial charge in [0.1, 0.15) is 17.0 Å². The summed E-state index contributed by atoms with van der Waals surface area (Å²) >= 11 is 0. The van der Waals surface area contributed by atoms with E-state index in [1.165, 1.54) is 6.07 Å². The molecule has 0 atom stereocenters. The fourth-order valence-electron chi connectivity index (χ4n) is 3.84. The minimum atomic E-state index is -1.21. The van der Waals surface area contributed by atoms with E-state index in [0.29, 0.717) is 0 Å². The van der Waals surface area contributed by atoms with Gasteiger partial charge in [-0.2, -0.15) is 0 Å². The van der Waals surface area contributed by atoms with Crippen LogP contribution in [0.5, 0.6) is 0 Å². The zero-order valence-electron chi connectivity index (χ0n) is 18.8. The van der Waals surface area contributed by atoms with Gasteiger partial charge in [-0.15, -0.1) is 0 Å². The highest BCUT2D eigenvalue weighted by Gasteiger charge is 2.56. The van der Waals surface area contributed by atoms with Gasteiger partial charge in [-0.3, -0.25) is 10.1 Å². The Morgan fingerprint density at radius 1 is 1.06 bits per heavy atom. The van der Waals surface area contributed by atoms with Gasteiger partial charge in [0.15, 0.2) is 0 Å². The van der Waals surface area contributed by atoms with Gasteiger partial charge in [0.25, 0.3) is 0 Å². The second-order valence-electron chi connectivity index (χ2n) is 9.79. The number of hydrogen-bond acceptors (Lipinski definition) is 6. The van der Waals surface area contributed by atoms with Gasteiger partial charge in [-0.05, 0) is 66.5 Å². The Bertz CT molecular complexity index is 910. The first-order valence-electron chi connectivity index (χ1n) is 10.2. The smallest absolute Gasteiger partial charge is 0.421 e. The average molecular weight is 436 g/mol. The number of carbonyl (C=O) groups is 3. The van der Waals surface area contributed by atoms with Crippen molar-refractivity contribution < 1.29 is 33.0 Å². The number of rotatable bonds is 1. The third-order valence-corrected chi connectivity index (χ3v) is 4.97. The maximum atomic E-state index is 15.4. The fraction of sp³-hybridized carbons (Fsp3) is 0.591. The number of nitrogens with zero attached hydrogens (tertiary/aromatic N) is 1. The van der Waals surface area contributed by atoms with Gasteiger partial charge in [0, 0.05) is 24.5 Å². The molecule has 1 spiro atoms. The zero-order chi connectivity index (χ0) is 23.2. The minimum Gasteiger partial charge on any atom is -0.444 e. The van der Waals surface area contributed by atoms with Crippen molar-refractivity contribution in [3.63, 3.8) is 0 Å². The van der Waals surface area contributed by atoms with Crippen molar-refractivity contribution in [2.24, 2.45) is 0 Å². The van der Waals surface area contributed by atoms with E-state index in [-0.39, 0.29) is 43.0 Å². The Balaban J connectivity index is 2.05. The number of nitrogens with one attached hydrogen (secondary N) is 1. The van der Waals surface area contributed by atoms with E-state index in [0.717, 1.165) is 11.0 Å². The molecule has 2 aliphatic rings. The molecule has 0 saturated carbocycles. The van der Waals surface area contributed by atoms with Crippen molar-refractivity contribution in [2.45, 2.75) is 71.0 Å². The number of benzene rings is 1. The quantitative estimate of drug-likeness (QED) is 0.697. The number of imide groups is 1. The molecule has 0 radical (unpaired) electrons. The summed E-state index contributed by atoms with van der Waals surface area (Å²) in [7, 11) is 0. The Morgan fingerprint density at radius 3 is 2.19 bits per heavy atom. The van der Waals surface area contributed by atoms with Crippen LogP contribution in [0.4, 0.5) is 25.4 Å². The summed E-state index contributed by atoms with van der Waals surface area (Å²) in [6.45, 7) is 10.7. The molecule has 9 heteroatoms. The largest absolute Gasteiger partial charge is 0.444 e. The van der Waals surface area contributed by atoms with Crippen molar-refractivity contribution in [1.82, 2.24) is 0 Å². The Kier molecular flexibility index (Phi) is 5.77. The standard InChI is InChI=1S/C22H29FN2O6/c1-20(2,3)30-18(27)24-13-11-14(23)16-15(12-13)25(19(28)31-21(4,5)6)17(26)22(16)7-9-29-10-8-22/h11-12H,7-10H2,1-6H3,(H,24,27). The molecule has 1 fully saturated rings. The summed E-state index contributed by atoms with van der Waals surface area (Å²) in [5.41, 5.74) is -2.55. The number of hydrogen-bond donors (Lipinski definition) is 1. The molecule has 170 valence electrons. The molecule has 0 aliphatic carbocycles. The van der Waals surface area contributed by atoms with Gasteiger partial charge >= 0.3 is 12.2 Å². The van der Waals surface area contributed by atoms with Crippen molar-refractivity contribution in [1.29, 1.82) is 0 Å². The Morgan fingerprint density at radius 2 is 1.65 bits per heavy atom. The number of carbonyl (C=O) groups excluding carboxylic acids is 3. The van der Waals surface area contributed by atoms with E-state index < -0.39 is 40.5 Å². The second-order valence-corrected chi connectivity index (χ2v) is 9.79. The van der Waals surface area contributed by atoms with Crippen LogP contribution in [0.15, 0.2) is 12.1 Å². The molecule has 1 N–H and O–H groups in total. The van der Waals surface area contributed by atoms with Crippen LogP contribution in [0.25, 0.3) is 0 Å². The van der Waals surface area contributed by atoms with Crippen molar-refractivity contribution in [2.75, 3.05) is 23.4 Å². The van der Waals surface area contributed by atoms with Gasteiger partial charge in [-0.1, -0.05) is 0 Å². The Labute approximate surface area is 181 Å². The molecular weight excluding hydrogens is 407 g/mol. The Hall–Kier alpha value is -2.68. The van der Waals surface area contributed by atoms with E-state index in [9.17, 15) is 14.4 Å². The van der Waals surface area contributed by atoms with Crippen molar-refractivity contribution in [3.8, 4) is 0 Å². The highest BCUT2D eigenvalue weighted by Crippen LogP contribution is 2.50. The predicted octanol–water partition coefficient (Wildman–Crippen LogP) is 4.50. The van der Waals surface area contributed by atoms with Crippen LogP contribution in [-0.2, 0) is 24.4 Å². The first-order valence-corrected chi connectivity index (χ1v) is 10.2. The monoisotopic (exact) mass is 436 g/mol. The normalized spacial score (nSPS) is 18.0. The molecular formula is C22H29FN2O6. The SMILES string of the molecule is CC(C)(C)OC(=O)Nc1cc(F)c2c(c1)N(C(=O)OC(C)(C)C)C(=O)C21CCOCC1. The molecule has 0 bridgehead atoms. The first-order chi connectivity index (χ1) is 14.2. The van der Waals surface area contributed by atoms with Crippen LogP contribution < -0.4 is 10.2 Å². The molecule has 2 aliphatic heterocycles. The van der Waals surface area contributed by atoms with Crippen LogP contribution >= 0.6 is 0 Å². The number of ether oxygens (including phenoxy) is 3. The zero-order valence-corrected chi connectivity index (χ0v) is 18.8. The topological polar surface area (TPSA) is 94.2 Å². The molecule has 2 heterocycles. The molecule has 31 heavy (non-hydrogen) atoms. The third kappa shape index (κ3) is 4.66. The van der Waals surface area contributed by atoms with Gasteiger partial charge in [0.2, 0.25) is 5.91 Å². The van der Waals surface area contributed by atoms with E-state index in [2.05, 4.69) is 5.32 Å². The highest BCUT2D eigenvalue weighted by molar-refractivity contribution is 6.21. The van der Waals surface area contributed by atoms with E-state index in [1.54, 1.807) is 41.5 Å². The summed E-state index contributed by atoms with van der Waals surface area (Å²) in [6, 6.07) is 2.53. The summed E-state index contributed by atoms with van der Waals surface area (Å²) in [6.07, 6.45) is -1.18. The number of amides is 3. The van der Waals surface area contributed by atoms with Crippen LogP contribution in [0.2, 0.25) is 0 Å². The lowest BCUT2D eigenvalue weighted by atomic mass is 9.75. The molecule has 8 nitrogen and oxygen atoms in total. The lowest BCUT2D eigenvalue weighted by Gasteiger charge is -2.32. The second kappa shape index (κ2) is 7.78. The maximum Gasteiger partial charge on any atom is 0.421 e. The molecule has 3 amide bonds. The lowest BCUT2D eigenvalue weighted by Crippen LogP contribution is -2.47. The third-order valence-electron chi connectivity index (χ3n) is 4.97.